The number of hydrogen-bond donors (Lipinski definition) is 4. The molecule has 0 fully saturated rings. The number of aromatic amines is 1. The number of benzene rings is 2. The molecule has 2 aromatic carbocycles. The topological polar surface area (TPSA) is 153 Å². The Morgan fingerprint density at radius 1 is 1.00 bits per heavy atom. The lowest BCUT2D eigenvalue weighted by molar-refractivity contribution is -0.123. The first-order valence-electron chi connectivity index (χ1n) is 10.4. The van der Waals surface area contributed by atoms with E-state index in [0.717, 1.165) is 28.9 Å². The molecule has 3 aromatic rings. The van der Waals surface area contributed by atoms with Crippen LogP contribution in [0, 0.1) is 0 Å². The Morgan fingerprint density at radius 2 is 1.59 bits per heavy atom. The van der Waals surface area contributed by atoms with Gasteiger partial charge in [0.05, 0.1) is 11.9 Å². The van der Waals surface area contributed by atoms with Crippen molar-refractivity contribution in [2.75, 3.05) is 39.5 Å². The average Bonchev–Trinajstić information content (AvgIpc) is 3.27. The summed E-state index contributed by atoms with van der Waals surface area (Å²) in [6, 6.07) is 15.9. The summed E-state index contributed by atoms with van der Waals surface area (Å²) >= 11 is 0. The standard InChI is InChI=1S/C22H27N5O.2CH2O2/c1-4-27(13-12-26(2)3)21(28)19-7-5-6-18(14-19)16-8-10-17(11-9-16)20-15-24-22(23)25-20;2*2-1-3/h5-11,14-15H,4,12-13H2,1-3H3,(H3,23,24,25);2*1H,(H,2,3). The third-order valence-electron chi connectivity index (χ3n) is 4.72. The van der Waals surface area contributed by atoms with Crippen LogP contribution in [-0.2, 0) is 9.59 Å². The number of nitrogens with two attached hydrogens (primary N) is 1. The lowest BCUT2D eigenvalue weighted by atomic mass is 10.0. The number of nitrogen functional groups attached to an aromatic ring is 1. The Bertz CT molecular complexity index is 1030. The van der Waals surface area contributed by atoms with Gasteiger partial charge in [-0.05, 0) is 49.8 Å². The quantitative estimate of drug-likeness (QED) is 0.385. The number of hydrogen-bond acceptors (Lipinski definition) is 6. The summed E-state index contributed by atoms with van der Waals surface area (Å²) in [6.07, 6.45) is 1.72. The van der Waals surface area contributed by atoms with Gasteiger partial charge in [0.1, 0.15) is 0 Å². The summed E-state index contributed by atoms with van der Waals surface area (Å²) in [7, 11) is 4.03. The van der Waals surface area contributed by atoms with E-state index in [-0.39, 0.29) is 18.9 Å². The van der Waals surface area contributed by atoms with Gasteiger partial charge >= 0.3 is 0 Å². The average molecular weight is 470 g/mol. The van der Waals surface area contributed by atoms with Gasteiger partial charge in [-0.2, -0.15) is 0 Å². The van der Waals surface area contributed by atoms with E-state index in [1.54, 1.807) is 6.20 Å². The van der Waals surface area contributed by atoms with Gasteiger partial charge in [0.15, 0.2) is 5.95 Å². The van der Waals surface area contributed by atoms with Crippen molar-refractivity contribution in [2.45, 2.75) is 6.92 Å². The van der Waals surface area contributed by atoms with E-state index < -0.39 is 0 Å². The van der Waals surface area contributed by atoms with E-state index in [2.05, 4.69) is 14.9 Å². The zero-order valence-corrected chi connectivity index (χ0v) is 19.5. The first kappa shape index (κ1) is 27.9. The summed E-state index contributed by atoms with van der Waals surface area (Å²) < 4.78 is 0. The highest BCUT2D eigenvalue weighted by atomic mass is 16.3. The fourth-order valence-corrected chi connectivity index (χ4v) is 3.06. The number of rotatable bonds is 7. The maximum absolute atomic E-state index is 12.9. The van der Waals surface area contributed by atoms with E-state index in [1.165, 1.54) is 0 Å². The second kappa shape index (κ2) is 14.8. The number of anilines is 1. The number of amides is 1. The van der Waals surface area contributed by atoms with Crippen LogP contribution >= 0.6 is 0 Å². The number of H-pyrrole nitrogens is 1. The molecule has 5 N–H and O–H groups in total. The molecule has 34 heavy (non-hydrogen) atoms. The van der Waals surface area contributed by atoms with Gasteiger partial charge in [-0.15, -0.1) is 0 Å². The Morgan fingerprint density at radius 3 is 2.09 bits per heavy atom. The van der Waals surface area contributed by atoms with Crippen molar-refractivity contribution in [3.05, 3.63) is 60.3 Å². The van der Waals surface area contributed by atoms with Gasteiger partial charge in [-0.3, -0.25) is 14.4 Å². The summed E-state index contributed by atoms with van der Waals surface area (Å²) in [5.41, 5.74) is 10.3. The zero-order chi connectivity index (χ0) is 25.5. The second-order valence-corrected chi connectivity index (χ2v) is 7.24. The lowest BCUT2D eigenvalue weighted by Gasteiger charge is -2.23. The van der Waals surface area contributed by atoms with Crippen LogP contribution < -0.4 is 5.73 Å². The molecular formula is C24H31N5O5. The van der Waals surface area contributed by atoms with Crippen LogP contribution in [0.5, 0.6) is 0 Å². The molecule has 0 aliphatic carbocycles. The molecule has 0 radical (unpaired) electrons. The predicted octanol–water partition coefficient (Wildman–Crippen LogP) is 2.75. The maximum atomic E-state index is 12.9. The second-order valence-electron chi connectivity index (χ2n) is 7.24. The van der Waals surface area contributed by atoms with Gasteiger partial charge in [0, 0.05) is 25.2 Å². The highest BCUT2D eigenvalue weighted by Gasteiger charge is 2.15. The number of nitrogens with zero attached hydrogens (tertiary/aromatic N) is 3. The molecule has 0 bridgehead atoms. The van der Waals surface area contributed by atoms with Gasteiger partial charge in [0.2, 0.25) is 0 Å². The Kier molecular flexibility index (Phi) is 12.1. The van der Waals surface area contributed by atoms with E-state index in [9.17, 15) is 4.79 Å². The van der Waals surface area contributed by atoms with Crippen molar-refractivity contribution >= 4 is 24.8 Å². The minimum absolute atomic E-state index is 0.0655. The number of likely N-dealkylation sites (N-methyl/N-ethyl adjacent to an activating group) is 2. The van der Waals surface area contributed by atoms with Crippen molar-refractivity contribution in [2.24, 2.45) is 0 Å². The highest BCUT2D eigenvalue weighted by molar-refractivity contribution is 5.95. The third kappa shape index (κ3) is 8.75. The smallest absolute Gasteiger partial charge is 0.290 e. The van der Waals surface area contributed by atoms with Crippen LogP contribution in [0.1, 0.15) is 17.3 Å². The molecule has 0 spiro atoms. The fraction of sp³-hybridized carbons (Fsp3) is 0.250. The van der Waals surface area contributed by atoms with Crippen LogP contribution in [0.3, 0.4) is 0 Å². The molecule has 0 aliphatic heterocycles. The minimum Gasteiger partial charge on any atom is -0.483 e. The molecular weight excluding hydrogens is 438 g/mol. The SMILES string of the molecule is CCN(CCN(C)C)C(=O)c1cccc(-c2ccc(-c3cnc(N)[nH]3)cc2)c1.O=CO.O=CO. The van der Waals surface area contributed by atoms with E-state index in [0.29, 0.717) is 24.6 Å². The molecule has 10 heteroatoms. The number of aromatic nitrogens is 2. The van der Waals surface area contributed by atoms with Crippen molar-refractivity contribution in [3.8, 4) is 22.4 Å². The number of carbonyl (C=O) groups is 3. The van der Waals surface area contributed by atoms with Gasteiger partial charge in [-0.1, -0.05) is 36.4 Å². The van der Waals surface area contributed by atoms with Gasteiger partial charge in [0.25, 0.3) is 18.9 Å². The number of imidazole rings is 1. The molecule has 1 heterocycles. The molecule has 0 saturated heterocycles. The van der Waals surface area contributed by atoms with Crippen molar-refractivity contribution in [1.29, 1.82) is 0 Å². The zero-order valence-electron chi connectivity index (χ0n) is 19.5. The molecule has 1 aromatic heterocycles. The maximum Gasteiger partial charge on any atom is 0.290 e. The van der Waals surface area contributed by atoms with E-state index >= 15 is 0 Å². The first-order chi connectivity index (χ1) is 16.3. The van der Waals surface area contributed by atoms with Crippen LogP contribution in [-0.4, -0.2) is 82.6 Å². The lowest BCUT2D eigenvalue weighted by Crippen LogP contribution is -2.36. The van der Waals surface area contributed by atoms with Crippen LogP contribution in [0.2, 0.25) is 0 Å². The number of carbonyl (C=O) groups excluding carboxylic acids is 1. The van der Waals surface area contributed by atoms with Crippen LogP contribution in [0.4, 0.5) is 5.95 Å². The Balaban J connectivity index is 0.000000872. The van der Waals surface area contributed by atoms with E-state index in [4.69, 9.17) is 25.5 Å². The monoisotopic (exact) mass is 469 g/mol. The predicted molar refractivity (Wildman–Crippen MR) is 131 cm³/mol. The Labute approximate surface area is 198 Å². The van der Waals surface area contributed by atoms with Crippen molar-refractivity contribution < 1.29 is 24.6 Å². The molecule has 0 aliphatic rings. The summed E-state index contributed by atoms with van der Waals surface area (Å²) in [5, 5.41) is 13.8. The third-order valence-corrected chi connectivity index (χ3v) is 4.72. The molecule has 0 unspecified atom stereocenters. The molecule has 1 amide bonds. The molecule has 0 saturated carbocycles. The van der Waals surface area contributed by atoms with Gasteiger partial charge in [-0.25, -0.2) is 4.98 Å². The first-order valence-corrected chi connectivity index (χ1v) is 10.4. The van der Waals surface area contributed by atoms with Crippen molar-refractivity contribution in [3.63, 3.8) is 0 Å². The number of carboxylic acid groups (broad SMARTS) is 2. The largest absolute Gasteiger partial charge is 0.483 e. The van der Waals surface area contributed by atoms with Gasteiger partial charge < -0.3 is 30.7 Å². The van der Waals surface area contributed by atoms with Crippen molar-refractivity contribution in [1.82, 2.24) is 19.8 Å². The minimum atomic E-state index is -0.250. The van der Waals surface area contributed by atoms with E-state index in [1.807, 2.05) is 74.4 Å². The fourth-order valence-electron chi connectivity index (χ4n) is 3.06. The molecule has 10 nitrogen and oxygen atoms in total. The summed E-state index contributed by atoms with van der Waals surface area (Å²) in [5.74, 6) is 0.468. The highest BCUT2D eigenvalue weighted by Crippen LogP contribution is 2.25. The summed E-state index contributed by atoms with van der Waals surface area (Å²) in [4.78, 5) is 40.6. The molecule has 3 rings (SSSR count). The Hall–Kier alpha value is -4.18. The summed E-state index contributed by atoms with van der Waals surface area (Å²) in [6.45, 7) is 3.77. The van der Waals surface area contributed by atoms with Crippen LogP contribution in [0.25, 0.3) is 22.4 Å². The normalized spacial score (nSPS) is 9.76. The van der Waals surface area contributed by atoms with Crippen LogP contribution in [0.15, 0.2) is 54.7 Å². The molecule has 182 valence electrons. The molecule has 0 atom stereocenters. The number of nitrogens with one attached hydrogen (secondary N) is 1.